The van der Waals surface area contributed by atoms with Gasteiger partial charge in [0.1, 0.15) is 11.8 Å². The molecule has 1 unspecified atom stereocenters. The van der Waals surface area contributed by atoms with Crippen LogP contribution in [0.25, 0.3) is 0 Å². The Balaban J connectivity index is 1.84. The SMILES string of the molecule is CC(C)(C)OC(=O)NCCONC(O)[C@@H]1CC[C@@H](NOCc2ccccc2)CN1C(=O)C(F)(F)F. The number of aliphatic hydroxyl groups is 1. The molecule has 198 valence electrons. The molecule has 3 atom stereocenters. The third-order valence-corrected chi connectivity index (χ3v) is 4.90. The Kier molecular flexibility index (Phi) is 10.7. The van der Waals surface area contributed by atoms with E-state index >= 15 is 0 Å². The predicted molar refractivity (Wildman–Crippen MR) is 118 cm³/mol. The van der Waals surface area contributed by atoms with E-state index < -0.39 is 42.1 Å². The molecule has 1 aromatic rings. The van der Waals surface area contributed by atoms with Crippen molar-refractivity contribution >= 4 is 12.0 Å². The molecule has 0 saturated carbocycles. The molecule has 0 spiro atoms. The van der Waals surface area contributed by atoms with Gasteiger partial charge in [-0.15, -0.1) is 0 Å². The van der Waals surface area contributed by atoms with Crippen molar-refractivity contribution in [1.29, 1.82) is 0 Å². The van der Waals surface area contributed by atoms with Crippen molar-refractivity contribution in [2.24, 2.45) is 0 Å². The van der Waals surface area contributed by atoms with Gasteiger partial charge in [0.25, 0.3) is 0 Å². The lowest BCUT2D eigenvalue weighted by Crippen LogP contribution is -2.61. The highest BCUT2D eigenvalue weighted by Gasteiger charge is 2.48. The van der Waals surface area contributed by atoms with E-state index in [-0.39, 0.29) is 32.7 Å². The average molecular weight is 507 g/mol. The summed E-state index contributed by atoms with van der Waals surface area (Å²) >= 11 is 0. The number of halogens is 3. The minimum atomic E-state index is -5.11. The summed E-state index contributed by atoms with van der Waals surface area (Å²) in [7, 11) is 0. The summed E-state index contributed by atoms with van der Waals surface area (Å²) in [6.45, 7) is 4.90. The highest BCUT2D eigenvalue weighted by Crippen LogP contribution is 2.26. The summed E-state index contributed by atoms with van der Waals surface area (Å²) < 4.78 is 44.6. The van der Waals surface area contributed by atoms with E-state index in [4.69, 9.17) is 14.4 Å². The topological polar surface area (TPSA) is 121 Å². The van der Waals surface area contributed by atoms with Gasteiger partial charge in [-0.1, -0.05) is 30.3 Å². The van der Waals surface area contributed by atoms with Gasteiger partial charge in [0, 0.05) is 19.1 Å². The second kappa shape index (κ2) is 13.0. The molecule has 4 N–H and O–H groups in total. The number of likely N-dealkylation sites (tertiary alicyclic amines) is 1. The average Bonchev–Trinajstić information content (AvgIpc) is 2.77. The maximum atomic E-state index is 13.2. The van der Waals surface area contributed by atoms with Crippen LogP contribution in [0.4, 0.5) is 18.0 Å². The fourth-order valence-corrected chi connectivity index (χ4v) is 3.37. The van der Waals surface area contributed by atoms with Gasteiger partial charge in [0.15, 0.2) is 0 Å². The number of aliphatic hydroxyl groups excluding tert-OH is 1. The number of alkyl halides is 3. The van der Waals surface area contributed by atoms with E-state index in [1.165, 1.54) is 0 Å². The van der Waals surface area contributed by atoms with Crippen LogP contribution in [0.5, 0.6) is 0 Å². The van der Waals surface area contributed by atoms with E-state index in [0.717, 1.165) is 5.56 Å². The minimum absolute atomic E-state index is 0.0231. The number of rotatable bonds is 10. The molecule has 13 heteroatoms. The predicted octanol–water partition coefficient (Wildman–Crippen LogP) is 1.99. The number of amides is 2. The van der Waals surface area contributed by atoms with Gasteiger partial charge in [0.2, 0.25) is 0 Å². The fraction of sp³-hybridized carbons (Fsp3) is 0.636. The molecule has 1 heterocycles. The molecule has 0 aromatic heterocycles. The Labute approximate surface area is 202 Å². The third-order valence-electron chi connectivity index (χ3n) is 4.90. The molecular weight excluding hydrogens is 473 g/mol. The van der Waals surface area contributed by atoms with Crippen LogP contribution in [0.3, 0.4) is 0 Å². The second-order valence-electron chi connectivity index (χ2n) is 9.03. The van der Waals surface area contributed by atoms with E-state index in [9.17, 15) is 27.9 Å². The summed E-state index contributed by atoms with van der Waals surface area (Å²) in [5.41, 5.74) is 5.14. The first-order valence-corrected chi connectivity index (χ1v) is 11.2. The smallest absolute Gasteiger partial charge is 0.444 e. The summed E-state index contributed by atoms with van der Waals surface area (Å²) in [6, 6.07) is 7.43. The Morgan fingerprint density at radius 2 is 1.83 bits per heavy atom. The molecule has 1 aliphatic heterocycles. The van der Waals surface area contributed by atoms with Crippen molar-refractivity contribution < 1.29 is 42.3 Å². The molecule has 2 amide bonds. The number of carbonyl (C=O) groups is 2. The first kappa shape index (κ1) is 28.8. The number of benzene rings is 1. The Morgan fingerprint density at radius 1 is 1.14 bits per heavy atom. The number of alkyl carbamates (subject to hydrolysis) is 1. The number of ether oxygens (including phenoxy) is 1. The molecule has 1 aromatic carbocycles. The van der Waals surface area contributed by atoms with E-state index in [2.05, 4.69) is 16.3 Å². The zero-order chi connectivity index (χ0) is 26.1. The highest BCUT2D eigenvalue weighted by atomic mass is 19.4. The molecule has 35 heavy (non-hydrogen) atoms. The van der Waals surface area contributed by atoms with Crippen LogP contribution in [0.1, 0.15) is 39.2 Å². The zero-order valence-electron chi connectivity index (χ0n) is 19.9. The monoisotopic (exact) mass is 506 g/mol. The van der Waals surface area contributed by atoms with Crippen LogP contribution in [0.2, 0.25) is 0 Å². The number of nitrogens with one attached hydrogen (secondary N) is 3. The molecule has 1 fully saturated rings. The maximum Gasteiger partial charge on any atom is 0.471 e. The van der Waals surface area contributed by atoms with Gasteiger partial charge in [-0.3, -0.25) is 14.5 Å². The van der Waals surface area contributed by atoms with E-state index in [1.54, 1.807) is 20.8 Å². The first-order valence-electron chi connectivity index (χ1n) is 11.2. The maximum absolute atomic E-state index is 13.2. The first-order chi connectivity index (χ1) is 16.4. The van der Waals surface area contributed by atoms with Crippen molar-refractivity contribution in [3.63, 3.8) is 0 Å². The Hall–Kier alpha value is -2.45. The molecule has 0 aliphatic carbocycles. The molecule has 0 bridgehead atoms. The molecule has 10 nitrogen and oxygen atoms in total. The van der Waals surface area contributed by atoms with Crippen molar-refractivity contribution in [3.8, 4) is 0 Å². The standard InChI is InChI=1S/C22H33F3N4O6/c1-21(2,3)35-20(32)26-11-12-33-28-18(30)17-10-9-16(13-29(17)19(31)22(23,24)25)27-34-14-15-7-5-4-6-8-15/h4-8,16-18,27-28,30H,9-14H2,1-3H3,(H,26,32)/t16-,17+,18?/m1/s1. The summed E-state index contributed by atoms with van der Waals surface area (Å²) in [5, 5.41) is 12.8. The van der Waals surface area contributed by atoms with Gasteiger partial charge in [0.05, 0.1) is 19.3 Å². The van der Waals surface area contributed by atoms with E-state index in [1.807, 2.05) is 30.3 Å². The molecule has 2 rings (SSSR count). The highest BCUT2D eigenvalue weighted by molar-refractivity contribution is 5.82. The Bertz CT molecular complexity index is 807. The number of hydrogen-bond acceptors (Lipinski definition) is 8. The number of hydrogen-bond donors (Lipinski definition) is 4. The third kappa shape index (κ3) is 10.4. The Morgan fingerprint density at radius 3 is 2.46 bits per heavy atom. The van der Waals surface area contributed by atoms with Crippen molar-refractivity contribution in [1.82, 2.24) is 21.2 Å². The van der Waals surface area contributed by atoms with E-state index in [0.29, 0.717) is 11.3 Å². The van der Waals surface area contributed by atoms with Gasteiger partial charge in [-0.05, 0) is 39.2 Å². The van der Waals surface area contributed by atoms with Gasteiger partial charge < -0.3 is 20.1 Å². The summed E-state index contributed by atoms with van der Waals surface area (Å²) in [4.78, 5) is 34.6. The van der Waals surface area contributed by atoms with Crippen molar-refractivity contribution in [3.05, 3.63) is 35.9 Å². The van der Waals surface area contributed by atoms with Crippen LogP contribution in [0, 0.1) is 0 Å². The molecule has 1 aliphatic rings. The van der Waals surface area contributed by atoms with Crippen LogP contribution in [-0.4, -0.2) is 71.8 Å². The van der Waals surface area contributed by atoms with Crippen LogP contribution >= 0.6 is 0 Å². The normalized spacial score (nSPS) is 19.8. The van der Waals surface area contributed by atoms with Crippen LogP contribution in [-0.2, 0) is 25.8 Å². The van der Waals surface area contributed by atoms with Gasteiger partial charge >= 0.3 is 18.2 Å². The number of nitrogens with zero attached hydrogens (tertiary/aromatic N) is 1. The lowest BCUT2D eigenvalue weighted by Gasteiger charge is -2.41. The zero-order valence-corrected chi connectivity index (χ0v) is 19.9. The van der Waals surface area contributed by atoms with Gasteiger partial charge in [-0.2, -0.15) is 24.1 Å². The van der Waals surface area contributed by atoms with Crippen molar-refractivity contribution in [2.75, 3.05) is 19.7 Å². The summed E-state index contributed by atoms with van der Waals surface area (Å²) in [5.74, 6) is -2.07. The number of piperidine rings is 1. The summed E-state index contributed by atoms with van der Waals surface area (Å²) in [6.07, 6.45) is -6.96. The van der Waals surface area contributed by atoms with Crippen LogP contribution < -0.4 is 16.3 Å². The van der Waals surface area contributed by atoms with Crippen LogP contribution in [0.15, 0.2) is 30.3 Å². The molecule has 0 radical (unpaired) electrons. The van der Waals surface area contributed by atoms with Gasteiger partial charge in [-0.25, -0.2) is 4.79 Å². The molecular formula is C22H33F3N4O6. The van der Waals surface area contributed by atoms with Crippen molar-refractivity contribution in [2.45, 2.75) is 70.3 Å². The largest absolute Gasteiger partial charge is 0.471 e. The lowest BCUT2D eigenvalue weighted by atomic mass is 9.97. The number of carbonyl (C=O) groups excluding carboxylic acids is 2. The minimum Gasteiger partial charge on any atom is -0.444 e. The second-order valence-corrected chi connectivity index (χ2v) is 9.03. The quantitative estimate of drug-likeness (QED) is 0.216. The fourth-order valence-electron chi connectivity index (χ4n) is 3.37. The molecule has 1 saturated heterocycles. The lowest BCUT2D eigenvalue weighted by molar-refractivity contribution is -0.196. The number of hydroxylamine groups is 2.